The number of Topliss-reactive ketones (excluding diaryl/α,β-unsaturated/α-hetero) is 1. The molecular formula is C40H47N2O5PSSi. The number of carbonyl (C=O) groups excluding carboxylic acids is 3. The molecule has 0 saturated carbocycles. The van der Waals surface area contributed by atoms with Crippen LogP contribution in [0.25, 0.3) is 0 Å². The van der Waals surface area contributed by atoms with Crippen molar-refractivity contribution in [2.24, 2.45) is 11.8 Å². The third kappa shape index (κ3) is 6.89. The molecule has 0 N–H and O–H groups in total. The van der Waals surface area contributed by atoms with Gasteiger partial charge < -0.3 is 14.1 Å². The second-order valence-electron chi connectivity index (χ2n) is 14.2. The second-order valence-corrected chi connectivity index (χ2v) is 23.2. The quantitative estimate of drug-likeness (QED) is 0.0367. The van der Waals surface area contributed by atoms with Crippen molar-refractivity contribution < 1.29 is 23.5 Å². The summed E-state index contributed by atoms with van der Waals surface area (Å²) in [5, 5.41) is 4.66. The van der Waals surface area contributed by atoms with Crippen molar-refractivity contribution >= 4 is 65.5 Å². The van der Waals surface area contributed by atoms with Gasteiger partial charge in [0.05, 0.1) is 18.1 Å². The number of carbonyl (C=O) groups is 3. The molecule has 2 heterocycles. The lowest BCUT2D eigenvalue weighted by atomic mass is 9.75. The molecule has 0 bridgehead atoms. The van der Waals surface area contributed by atoms with Gasteiger partial charge in [0.2, 0.25) is 5.91 Å². The Morgan fingerprint density at radius 3 is 1.86 bits per heavy atom. The zero-order valence-corrected chi connectivity index (χ0v) is 32.6. The van der Waals surface area contributed by atoms with Gasteiger partial charge in [-0.05, 0) is 41.0 Å². The first-order valence-corrected chi connectivity index (χ1v) is 22.5. The van der Waals surface area contributed by atoms with E-state index >= 15 is 4.79 Å². The topological polar surface area (TPSA) is 85.8 Å². The zero-order chi connectivity index (χ0) is 36.3. The highest BCUT2D eigenvalue weighted by Crippen LogP contribution is 2.51. The number of β-lactam (4-membered cyclic amide) rings is 1. The van der Waals surface area contributed by atoms with Gasteiger partial charge in [0.15, 0.2) is 19.1 Å². The van der Waals surface area contributed by atoms with Crippen molar-refractivity contribution in [1.29, 1.82) is 0 Å². The van der Waals surface area contributed by atoms with Gasteiger partial charge >= 0.3 is 5.97 Å². The van der Waals surface area contributed by atoms with Crippen LogP contribution >= 0.6 is 18.2 Å². The Labute approximate surface area is 301 Å². The minimum absolute atomic E-state index is 0.0463. The smallest absolute Gasteiger partial charge is 0.356 e. The van der Waals surface area contributed by atoms with E-state index in [1.165, 1.54) is 17.4 Å². The molecule has 1 amide bonds. The van der Waals surface area contributed by atoms with Crippen LogP contribution in [0.3, 0.4) is 0 Å². The number of esters is 1. The van der Waals surface area contributed by atoms with E-state index in [4.69, 9.17) is 9.16 Å². The van der Waals surface area contributed by atoms with E-state index in [2.05, 4.69) is 45.4 Å². The van der Waals surface area contributed by atoms with Crippen LogP contribution < -0.4 is 15.9 Å². The average Bonchev–Trinajstić information content (AvgIpc) is 3.65. The number of likely N-dealkylation sites (tertiary alicyclic amines) is 1. The summed E-state index contributed by atoms with van der Waals surface area (Å²) in [6.07, 6.45) is 2.61. The molecule has 7 nitrogen and oxygen atoms in total. The molecule has 1 aromatic heterocycles. The first-order chi connectivity index (χ1) is 23.8. The summed E-state index contributed by atoms with van der Waals surface area (Å²) in [6.45, 7) is 15.1. The molecule has 4 atom stereocenters. The lowest BCUT2D eigenvalue weighted by Gasteiger charge is -2.54. The van der Waals surface area contributed by atoms with Crippen molar-refractivity contribution in [3.05, 3.63) is 120 Å². The number of hydrogen-bond acceptors (Lipinski definition) is 7. The zero-order valence-electron chi connectivity index (χ0n) is 29.9. The van der Waals surface area contributed by atoms with Crippen LogP contribution in [0.2, 0.25) is 18.1 Å². The SMILES string of the molecule is C=CCOC(=O)C(N1C(=O)[C@H]([C@@H](C)O[Si](C)(C)C(C)(C)C)[C@H]1[C@@H](C)C(=O)c1nccs1)=P(c1ccccc1)(c1ccccc1)c1ccccc1. The van der Waals surface area contributed by atoms with Crippen LogP contribution in [-0.4, -0.2) is 60.0 Å². The Balaban J connectivity index is 1.87. The van der Waals surface area contributed by atoms with Crippen LogP contribution in [0, 0.1) is 11.8 Å². The molecule has 50 heavy (non-hydrogen) atoms. The number of amides is 1. The van der Waals surface area contributed by atoms with E-state index in [1.54, 1.807) is 16.5 Å². The number of hydrogen-bond donors (Lipinski definition) is 0. The molecule has 0 unspecified atom stereocenters. The van der Waals surface area contributed by atoms with E-state index in [9.17, 15) is 9.59 Å². The molecular weight excluding hydrogens is 680 g/mol. The predicted octanol–water partition coefficient (Wildman–Crippen LogP) is 7.05. The maximum absolute atomic E-state index is 15.0. The van der Waals surface area contributed by atoms with E-state index in [1.807, 2.05) is 105 Å². The third-order valence-electron chi connectivity index (χ3n) is 10.0. The molecule has 1 saturated heterocycles. The van der Waals surface area contributed by atoms with E-state index in [0.29, 0.717) is 5.01 Å². The summed E-state index contributed by atoms with van der Waals surface area (Å²) >= 11 is 1.27. The summed E-state index contributed by atoms with van der Waals surface area (Å²) in [5.41, 5.74) is 0.229. The number of ketones is 1. The highest BCUT2D eigenvalue weighted by atomic mass is 32.1. The van der Waals surface area contributed by atoms with Gasteiger partial charge in [-0.25, -0.2) is 9.78 Å². The summed E-state index contributed by atoms with van der Waals surface area (Å²) < 4.78 is 12.8. The molecule has 0 aliphatic carbocycles. The van der Waals surface area contributed by atoms with Gasteiger partial charge in [0.1, 0.15) is 12.0 Å². The molecule has 0 spiro atoms. The predicted molar refractivity (Wildman–Crippen MR) is 209 cm³/mol. The third-order valence-corrected chi connectivity index (χ3v) is 19.7. The van der Waals surface area contributed by atoms with Crippen LogP contribution in [0.5, 0.6) is 0 Å². The molecule has 3 aromatic carbocycles. The number of rotatable bonds is 13. The van der Waals surface area contributed by atoms with Crippen LogP contribution in [-0.2, 0) is 18.8 Å². The number of aromatic nitrogens is 1. The van der Waals surface area contributed by atoms with Gasteiger partial charge in [-0.3, -0.25) is 9.59 Å². The molecule has 0 radical (unpaired) electrons. The van der Waals surface area contributed by atoms with Crippen LogP contribution in [0.4, 0.5) is 0 Å². The van der Waals surface area contributed by atoms with Crippen molar-refractivity contribution in [2.75, 3.05) is 6.61 Å². The number of nitrogens with zero attached hydrogens (tertiary/aromatic N) is 2. The van der Waals surface area contributed by atoms with Gasteiger partial charge in [-0.1, -0.05) is 131 Å². The van der Waals surface area contributed by atoms with Crippen molar-refractivity contribution in [3.8, 4) is 0 Å². The minimum Gasteiger partial charge on any atom is -0.457 e. The lowest BCUT2D eigenvalue weighted by Crippen LogP contribution is -2.71. The van der Waals surface area contributed by atoms with Gasteiger partial charge in [-0.2, -0.15) is 0 Å². The lowest BCUT2D eigenvalue weighted by molar-refractivity contribution is -0.158. The fourth-order valence-electron chi connectivity index (χ4n) is 6.57. The Morgan fingerprint density at radius 2 is 1.44 bits per heavy atom. The fourth-order valence-corrected chi connectivity index (χ4v) is 13.0. The molecule has 1 aliphatic rings. The van der Waals surface area contributed by atoms with Crippen LogP contribution in [0.15, 0.2) is 115 Å². The first-order valence-electron chi connectivity index (χ1n) is 16.9. The van der Waals surface area contributed by atoms with Gasteiger partial charge in [0, 0.05) is 24.4 Å². The molecule has 5 rings (SSSR count). The average molecular weight is 727 g/mol. The number of thiazole rings is 1. The molecule has 4 aromatic rings. The number of ether oxygens (including phenoxy) is 1. The van der Waals surface area contributed by atoms with Crippen molar-refractivity contribution in [1.82, 2.24) is 9.88 Å². The molecule has 262 valence electrons. The standard InChI is InChI=1S/C40H47N2O5PSSi/c1-9-26-46-39(45)38(48(30-19-13-10-14-20-30,31-21-15-11-16-22-31)32-23-17-12-18-24-32)42-34(28(2)35(43)36-41-25-27-49-36)33(37(42)44)29(3)47-50(7,8)40(4,5)6/h9-25,27-29,33-34H,1,26H2,2-8H3/t28-,29-,33-,34-/m1/s1. The van der Waals surface area contributed by atoms with Gasteiger partial charge in [-0.15, -0.1) is 11.3 Å². The largest absolute Gasteiger partial charge is 0.457 e. The van der Waals surface area contributed by atoms with Crippen molar-refractivity contribution in [3.63, 3.8) is 0 Å². The minimum atomic E-state index is -3.15. The molecule has 1 aliphatic heterocycles. The maximum Gasteiger partial charge on any atom is 0.356 e. The summed E-state index contributed by atoms with van der Waals surface area (Å²) in [5.74, 6) is -2.47. The Hall–Kier alpha value is -3.88. The maximum atomic E-state index is 15.0. The highest BCUT2D eigenvalue weighted by molar-refractivity contribution is 7.96. The van der Waals surface area contributed by atoms with Crippen molar-refractivity contribution in [2.45, 2.75) is 64.9 Å². The monoisotopic (exact) mass is 726 g/mol. The van der Waals surface area contributed by atoms with E-state index in [0.717, 1.165) is 15.9 Å². The number of benzene rings is 3. The highest BCUT2D eigenvalue weighted by Gasteiger charge is 2.59. The summed E-state index contributed by atoms with van der Waals surface area (Å²) in [6, 6.07) is 28.9. The van der Waals surface area contributed by atoms with Crippen LogP contribution in [0.1, 0.15) is 44.4 Å². The summed E-state index contributed by atoms with van der Waals surface area (Å²) in [4.78, 5) is 50.0. The normalized spacial score (nSPS) is 17.7. The van der Waals surface area contributed by atoms with E-state index < -0.39 is 45.2 Å². The Morgan fingerprint density at radius 1 is 0.940 bits per heavy atom. The molecule has 1 fully saturated rings. The Bertz CT molecular complexity index is 1770. The summed E-state index contributed by atoms with van der Waals surface area (Å²) in [7, 11) is -2.34. The fraction of sp³-hybridized carbons (Fsp3) is 0.325. The first kappa shape index (κ1) is 37.4. The van der Waals surface area contributed by atoms with Gasteiger partial charge in [0.25, 0.3) is 0 Å². The van der Waals surface area contributed by atoms with E-state index in [-0.39, 0.29) is 28.8 Å². The second kappa shape index (κ2) is 15.2. The molecule has 10 heteroatoms. The Kier molecular flexibility index (Phi) is 11.3.